The van der Waals surface area contributed by atoms with E-state index in [0.29, 0.717) is 18.1 Å². The minimum absolute atomic E-state index is 0.00498. The van der Waals surface area contributed by atoms with Crippen LogP contribution >= 0.6 is 22.6 Å². The Bertz CT molecular complexity index is 943. The van der Waals surface area contributed by atoms with Crippen LogP contribution in [0.2, 0.25) is 0 Å². The van der Waals surface area contributed by atoms with Gasteiger partial charge in [-0.15, -0.1) is 0 Å². The molecule has 3 nitrogen and oxygen atoms in total. The molecule has 1 N–H and O–H groups in total. The number of rotatable bonds is 4. The van der Waals surface area contributed by atoms with Crippen LogP contribution in [-0.4, -0.2) is 19.0 Å². The lowest BCUT2D eigenvalue weighted by atomic mass is 9.68. The van der Waals surface area contributed by atoms with E-state index in [1.54, 1.807) is 0 Å². The molecular weight excluding hydrogens is 485 g/mol. The number of aryl methyl sites for hydroxylation is 1. The summed E-state index contributed by atoms with van der Waals surface area (Å²) >= 11 is 2.51. The minimum Gasteiger partial charge on any atom is -0.381 e. The van der Waals surface area contributed by atoms with Gasteiger partial charge in [0.2, 0.25) is 0 Å². The standard InChI is InChI=1S/C26H30INO2/c1-17-7-4-5-9-22(17)28-23-10-6-8-21(19(23)3)26(27)15-18(2)25(24(29)16-26)20-11-13-30-14-12-20/h4-10,20,25,28H,2,11-16H2,1,3H3. The fourth-order valence-corrected chi connectivity index (χ4v) is 6.55. The first-order valence-electron chi connectivity index (χ1n) is 10.8. The largest absolute Gasteiger partial charge is 0.381 e. The number of hydrogen-bond acceptors (Lipinski definition) is 3. The van der Waals surface area contributed by atoms with Crippen LogP contribution in [0.5, 0.6) is 0 Å². The number of ketones is 1. The lowest BCUT2D eigenvalue weighted by Crippen LogP contribution is -2.40. The van der Waals surface area contributed by atoms with Crippen LogP contribution in [0.25, 0.3) is 0 Å². The van der Waals surface area contributed by atoms with E-state index >= 15 is 0 Å². The van der Waals surface area contributed by atoms with Crippen molar-refractivity contribution in [2.24, 2.45) is 11.8 Å². The molecule has 158 valence electrons. The van der Waals surface area contributed by atoms with E-state index in [2.05, 4.69) is 90.8 Å². The fourth-order valence-electron chi connectivity index (χ4n) is 5.10. The SMILES string of the molecule is C=C1CC(I)(c2cccc(Nc3ccccc3C)c2C)CC(=O)C1C1CCOCC1. The van der Waals surface area contributed by atoms with Crippen molar-refractivity contribution >= 4 is 39.7 Å². The van der Waals surface area contributed by atoms with Crippen LogP contribution < -0.4 is 5.32 Å². The summed E-state index contributed by atoms with van der Waals surface area (Å²) in [7, 11) is 0. The van der Waals surface area contributed by atoms with Gasteiger partial charge in [0, 0.05) is 36.9 Å². The second-order valence-corrected chi connectivity index (χ2v) is 10.9. The average Bonchev–Trinajstić information content (AvgIpc) is 2.71. The molecule has 30 heavy (non-hydrogen) atoms. The number of Topliss-reactive ketones (excluding diaryl/α,β-unsaturated/α-hetero) is 1. The molecule has 0 aromatic heterocycles. The molecule has 2 aliphatic rings. The summed E-state index contributed by atoms with van der Waals surface area (Å²) in [6, 6.07) is 14.7. The molecule has 2 atom stereocenters. The smallest absolute Gasteiger partial charge is 0.141 e. The van der Waals surface area contributed by atoms with Gasteiger partial charge >= 0.3 is 0 Å². The zero-order valence-corrected chi connectivity index (χ0v) is 20.0. The third-order valence-corrected chi connectivity index (χ3v) is 8.06. The van der Waals surface area contributed by atoms with Gasteiger partial charge in [0.25, 0.3) is 0 Å². The minimum atomic E-state index is -0.235. The van der Waals surface area contributed by atoms with Gasteiger partial charge < -0.3 is 10.1 Å². The normalized spacial score (nSPS) is 25.4. The van der Waals surface area contributed by atoms with E-state index < -0.39 is 0 Å². The van der Waals surface area contributed by atoms with E-state index in [9.17, 15) is 4.79 Å². The Hall–Kier alpha value is -1.66. The number of ether oxygens (including phenoxy) is 1. The highest BCUT2D eigenvalue weighted by molar-refractivity contribution is 14.1. The molecule has 1 heterocycles. The van der Waals surface area contributed by atoms with Crippen molar-refractivity contribution in [3.05, 3.63) is 71.3 Å². The van der Waals surface area contributed by atoms with Crippen LogP contribution in [0.15, 0.2) is 54.6 Å². The summed E-state index contributed by atoms with van der Waals surface area (Å²) in [5.41, 5.74) is 6.98. The van der Waals surface area contributed by atoms with E-state index in [-0.39, 0.29) is 9.34 Å². The van der Waals surface area contributed by atoms with Crippen LogP contribution in [-0.2, 0) is 13.0 Å². The highest BCUT2D eigenvalue weighted by Gasteiger charge is 2.45. The van der Waals surface area contributed by atoms with Gasteiger partial charge in [-0.1, -0.05) is 65.1 Å². The maximum Gasteiger partial charge on any atom is 0.141 e. The second-order valence-electron chi connectivity index (χ2n) is 8.79. The molecule has 0 amide bonds. The van der Waals surface area contributed by atoms with Gasteiger partial charge in [-0.05, 0) is 67.9 Å². The van der Waals surface area contributed by atoms with Gasteiger partial charge in [-0.3, -0.25) is 4.79 Å². The molecule has 1 saturated carbocycles. The number of alkyl halides is 1. The maximum atomic E-state index is 13.3. The van der Waals surface area contributed by atoms with E-state index in [4.69, 9.17) is 4.74 Å². The number of nitrogens with one attached hydrogen (secondary N) is 1. The van der Waals surface area contributed by atoms with Crippen molar-refractivity contribution in [3.8, 4) is 0 Å². The Morgan fingerprint density at radius 2 is 1.73 bits per heavy atom. The highest BCUT2D eigenvalue weighted by Crippen LogP contribution is 2.51. The second kappa shape index (κ2) is 8.83. The number of anilines is 2. The number of carbonyl (C=O) groups is 1. The highest BCUT2D eigenvalue weighted by atomic mass is 127. The molecule has 1 aliphatic heterocycles. The van der Waals surface area contributed by atoms with Crippen molar-refractivity contribution in [2.75, 3.05) is 18.5 Å². The number of benzene rings is 2. The third-order valence-electron chi connectivity index (χ3n) is 6.72. The topological polar surface area (TPSA) is 38.3 Å². The molecule has 1 saturated heterocycles. The summed E-state index contributed by atoms with van der Waals surface area (Å²) < 4.78 is 5.27. The first-order valence-corrected chi connectivity index (χ1v) is 11.9. The summed E-state index contributed by atoms with van der Waals surface area (Å²) in [6.45, 7) is 10.2. The number of hydrogen-bond donors (Lipinski definition) is 1. The Morgan fingerprint density at radius 3 is 2.43 bits per heavy atom. The quantitative estimate of drug-likeness (QED) is 0.282. The summed E-state index contributed by atoms with van der Waals surface area (Å²) in [6.07, 6.45) is 3.37. The van der Waals surface area contributed by atoms with E-state index in [1.165, 1.54) is 16.7 Å². The zero-order valence-electron chi connectivity index (χ0n) is 17.8. The van der Waals surface area contributed by atoms with Crippen LogP contribution in [0.3, 0.4) is 0 Å². The van der Waals surface area contributed by atoms with Crippen LogP contribution in [0.4, 0.5) is 11.4 Å². The molecule has 0 spiro atoms. The molecule has 0 radical (unpaired) electrons. The Morgan fingerprint density at radius 1 is 1.03 bits per heavy atom. The summed E-state index contributed by atoms with van der Waals surface area (Å²) in [5, 5.41) is 3.60. The predicted molar refractivity (Wildman–Crippen MR) is 132 cm³/mol. The number of para-hydroxylation sites is 1. The third kappa shape index (κ3) is 4.22. The van der Waals surface area contributed by atoms with Gasteiger partial charge in [-0.25, -0.2) is 0 Å². The van der Waals surface area contributed by atoms with Gasteiger partial charge in [0.1, 0.15) is 5.78 Å². The maximum absolute atomic E-state index is 13.3. The van der Waals surface area contributed by atoms with Crippen molar-refractivity contribution in [3.63, 3.8) is 0 Å². The number of allylic oxidation sites excluding steroid dienone is 1. The lowest BCUT2D eigenvalue weighted by molar-refractivity contribution is -0.126. The van der Waals surface area contributed by atoms with Crippen molar-refractivity contribution < 1.29 is 9.53 Å². The number of halogens is 1. The lowest BCUT2D eigenvalue weighted by Gasteiger charge is -2.41. The van der Waals surface area contributed by atoms with Crippen LogP contribution in [0, 0.1) is 25.7 Å². The molecule has 4 heteroatoms. The first kappa shape index (κ1) is 21.6. The predicted octanol–water partition coefficient (Wildman–Crippen LogP) is 6.64. The Labute approximate surface area is 193 Å². The molecule has 2 unspecified atom stereocenters. The van der Waals surface area contributed by atoms with E-state index in [1.807, 2.05) is 0 Å². The molecule has 2 aromatic rings. The Kier molecular flexibility index (Phi) is 6.35. The molecule has 2 aromatic carbocycles. The molecular formula is C26H30INO2. The summed E-state index contributed by atoms with van der Waals surface area (Å²) in [4.78, 5) is 13.3. The van der Waals surface area contributed by atoms with Crippen LogP contribution in [0.1, 0.15) is 42.4 Å². The monoisotopic (exact) mass is 515 g/mol. The summed E-state index contributed by atoms with van der Waals surface area (Å²) in [5.74, 6) is 0.754. The van der Waals surface area contributed by atoms with Crippen molar-refractivity contribution in [1.82, 2.24) is 0 Å². The van der Waals surface area contributed by atoms with Gasteiger partial charge in [-0.2, -0.15) is 0 Å². The van der Waals surface area contributed by atoms with Gasteiger partial charge in [0.05, 0.1) is 3.42 Å². The molecule has 1 aliphatic carbocycles. The average molecular weight is 515 g/mol. The molecule has 4 rings (SSSR count). The van der Waals surface area contributed by atoms with Crippen molar-refractivity contribution in [1.29, 1.82) is 0 Å². The zero-order chi connectivity index (χ0) is 21.3. The fraction of sp³-hybridized carbons (Fsp3) is 0.423. The Balaban J connectivity index is 1.60. The van der Waals surface area contributed by atoms with Crippen molar-refractivity contribution in [2.45, 2.75) is 43.0 Å². The molecule has 0 bridgehead atoms. The molecule has 2 fully saturated rings. The van der Waals surface area contributed by atoms with E-state index in [0.717, 1.165) is 49.4 Å². The number of carbonyl (C=O) groups excluding carboxylic acids is 1. The first-order chi connectivity index (χ1) is 14.4. The van der Waals surface area contributed by atoms with Gasteiger partial charge in [0.15, 0.2) is 0 Å².